The molecule has 0 atom stereocenters. The van der Waals surface area contributed by atoms with Gasteiger partial charge in [0.15, 0.2) is 0 Å². The van der Waals surface area contributed by atoms with Gasteiger partial charge in [-0.15, -0.1) is 5.10 Å². The number of hydrogen-bond acceptors (Lipinski definition) is 7. The van der Waals surface area contributed by atoms with Crippen LogP contribution >= 0.6 is 0 Å². The Bertz CT molecular complexity index is 964. The Kier molecular flexibility index (Phi) is 4.51. The molecule has 2 heterocycles. The van der Waals surface area contributed by atoms with Crippen LogP contribution < -0.4 is 5.73 Å². The van der Waals surface area contributed by atoms with Gasteiger partial charge in [0.05, 0.1) is 36.7 Å². The number of ether oxygens (including phenoxy) is 2. The van der Waals surface area contributed by atoms with Crippen LogP contribution in [0.5, 0.6) is 0 Å². The predicted molar refractivity (Wildman–Crippen MR) is 91.2 cm³/mol. The van der Waals surface area contributed by atoms with Gasteiger partial charge in [-0.2, -0.15) is 0 Å². The van der Waals surface area contributed by atoms with E-state index < -0.39 is 5.97 Å². The number of nitrogens with zero attached hydrogens (tertiary/aromatic N) is 3. The molecule has 2 aromatic heterocycles. The van der Waals surface area contributed by atoms with Crippen LogP contribution in [0.25, 0.3) is 16.4 Å². The van der Waals surface area contributed by atoms with Crippen molar-refractivity contribution in [1.29, 1.82) is 0 Å². The van der Waals surface area contributed by atoms with Crippen LogP contribution in [0.2, 0.25) is 0 Å². The van der Waals surface area contributed by atoms with Crippen molar-refractivity contribution in [2.75, 3.05) is 20.0 Å². The average molecular weight is 342 g/mol. The summed E-state index contributed by atoms with van der Waals surface area (Å²) in [6.45, 7) is 0. The number of carbonyl (C=O) groups excluding carboxylic acids is 2. The molecular weight excluding hydrogens is 324 g/mol. The maximum atomic E-state index is 12.3. The lowest BCUT2D eigenvalue weighted by molar-refractivity contribution is -0.140. The van der Waals surface area contributed by atoms with Gasteiger partial charge in [-0.3, -0.25) is 4.79 Å². The summed E-state index contributed by atoms with van der Waals surface area (Å²) in [5.74, 6) is -0.803. The molecule has 0 radical (unpaired) electrons. The lowest BCUT2D eigenvalue weighted by Crippen LogP contribution is -2.10. The van der Waals surface area contributed by atoms with Gasteiger partial charge in [0.25, 0.3) is 0 Å². The number of rotatable bonds is 5. The SMILES string of the molecule is COC(=O)CCCc1nnn2c1c(N)c(C(=O)OC)c1ccccc12. The molecule has 3 aromatic rings. The number of nitrogens with two attached hydrogens (primary N) is 1. The molecule has 130 valence electrons. The van der Waals surface area contributed by atoms with Crippen molar-refractivity contribution in [3.05, 3.63) is 35.5 Å². The van der Waals surface area contributed by atoms with Crippen LogP contribution in [0.4, 0.5) is 5.69 Å². The monoisotopic (exact) mass is 342 g/mol. The van der Waals surface area contributed by atoms with Crippen LogP contribution in [0.15, 0.2) is 24.3 Å². The summed E-state index contributed by atoms with van der Waals surface area (Å²) in [5.41, 5.74) is 8.72. The van der Waals surface area contributed by atoms with Gasteiger partial charge in [-0.05, 0) is 18.9 Å². The molecule has 0 unspecified atom stereocenters. The van der Waals surface area contributed by atoms with E-state index in [1.165, 1.54) is 14.2 Å². The van der Waals surface area contributed by atoms with Gasteiger partial charge >= 0.3 is 11.9 Å². The van der Waals surface area contributed by atoms with Gasteiger partial charge < -0.3 is 15.2 Å². The minimum absolute atomic E-state index is 0.267. The normalized spacial score (nSPS) is 11.0. The standard InChI is InChI=1S/C17H18N4O4/c1-24-13(22)9-5-7-11-16-15(18)14(17(23)25-2)10-6-3-4-8-12(10)21(16)20-19-11/h3-4,6,8H,5,7,9,18H2,1-2H3. The van der Waals surface area contributed by atoms with Crippen LogP contribution in [-0.2, 0) is 20.7 Å². The first kappa shape index (κ1) is 16.7. The minimum atomic E-state index is -0.516. The second kappa shape index (κ2) is 6.76. The third-order valence-corrected chi connectivity index (χ3v) is 4.08. The van der Waals surface area contributed by atoms with Crippen molar-refractivity contribution < 1.29 is 19.1 Å². The highest BCUT2D eigenvalue weighted by atomic mass is 16.5. The quantitative estimate of drug-likeness (QED) is 0.703. The fraction of sp³-hybridized carbons (Fsp3) is 0.294. The van der Waals surface area contributed by atoms with Gasteiger partial charge in [0.2, 0.25) is 0 Å². The van der Waals surface area contributed by atoms with E-state index in [0.717, 1.165) is 0 Å². The Hall–Kier alpha value is -3.16. The van der Waals surface area contributed by atoms with Crippen molar-refractivity contribution in [1.82, 2.24) is 14.8 Å². The number of hydrogen-bond donors (Lipinski definition) is 1. The number of pyridine rings is 1. The number of benzene rings is 1. The third kappa shape index (κ3) is 2.86. The summed E-state index contributed by atoms with van der Waals surface area (Å²) in [4.78, 5) is 23.5. The van der Waals surface area contributed by atoms with E-state index in [1.807, 2.05) is 18.2 Å². The zero-order valence-electron chi connectivity index (χ0n) is 14.0. The molecule has 0 amide bonds. The van der Waals surface area contributed by atoms with E-state index in [0.29, 0.717) is 40.5 Å². The van der Waals surface area contributed by atoms with E-state index in [2.05, 4.69) is 15.0 Å². The Morgan fingerprint density at radius 1 is 1.20 bits per heavy atom. The minimum Gasteiger partial charge on any atom is -0.469 e. The molecule has 0 aliphatic rings. The van der Waals surface area contributed by atoms with Crippen molar-refractivity contribution in [2.45, 2.75) is 19.3 Å². The molecule has 0 aliphatic carbocycles. The van der Waals surface area contributed by atoms with E-state index >= 15 is 0 Å². The number of carbonyl (C=O) groups is 2. The lowest BCUT2D eigenvalue weighted by atomic mass is 10.0. The van der Waals surface area contributed by atoms with Crippen molar-refractivity contribution in [3.8, 4) is 0 Å². The van der Waals surface area contributed by atoms with Crippen LogP contribution in [0.3, 0.4) is 0 Å². The van der Waals surface area contributed by atoms with Crippen molar-refractivity contribution >= 4 is 34.0 Å². The summed E-state index contributed by atoms with van der Waals surface area (Å²) in [6, 6.07) is 7.28. The molecule has 0 saturated heterocycles. The predicted octanol–water partition coefficient (Wildman–Crippen LogP) is 1.75. The zero-order valence-corrected chi connectivity index (χ0v) is 14.0. The molecule has 8 nitrogen and oxygen atoms in total. The first-order valence-electron chi connectivity index (χ1n) is 7.78. The number of esters is 2. The summed E-state index contributed by atoms with van der Waals surface area (Å²) in [6.07, 6.45) is 1.30. The Balaban J connectivity index is 2.15. The van der Waals surface area contributed by atoms with Gasteiger partial charge in [-0.25, -0.2) is 9.31 Å². The summed E-state index contributed by atoms with van der Waals surface area (Å²) in [7, 11) is 2.66. The van der Waals surface area contributed by atoms with E-state index in [4.69, 9.17) is 10.5 Å². The molecular formula is C17H18N4O4. The first-order chi connectivity index (χ1) is 12.1. The Morgan fingerprint density at radius 3 is 2.68 bits per heavy atom. The smallest absolute Gasteiger partial charge is 0.340 e. The molecule has 8 heteroatoms. The Labute approximate surface area is 143 Å². The number of fused-ring (bicyclic) bond motifs is 3. The van der Waals surface area contributed by atoms with E-state index in [1.54, 1.807) is 10.6 Å². The van der Waals surface area contributed by atoms with E-state index in [-0.39, 0.29) is 18.1 Å². The molecule has 0 spiro atoms. The van der Waals surface area contributed by atoms with Crippen LogP contribution in [0.1, 0.15) is 28.9 Å². The summed E-state index contributed by atoms with van der Waals surface area (Å²) >= 11 is 0. The van der Waals surface area contributed by atoms with Crippen LogP contribution in [0, 0.1) is 0 Å². The average Bonchev–Trinajstić information content (AvgIpc) is 3.06. The van der Waals surface area contributed by atoms with E-state index in [9.17, 15) is 9.59 Å². The molecule has 3 rings (SSSR count). The lowest BCUT2D eigenvalue weighted by Gasteiger charge is -2.11. The van der Waals surface area contributed by atoms with Crippen molar-refractivity contribution in [3.63, 3.8) is 0 Å². The molecule has 2 N–H and O–H groups in total. The maximum Gasteiger partial charge on any atom is 0.340 e. The maximum absolute atomic E-state index is 12.3. The van der Waals surface area contributed by atoms with Crippen molar-refractivity contribution in [2.24, 2.45) is 0 Å². The number of nitrogen functional groups attached to an aromatic ring is 1. The van der Waals surface area contributed by atoms with Gasteiger partial charge in [0.1, 0.15) is 5.52 Å². The molecule has 0 bridgehead atoms. The third-order valence-electron chi connectivity index (χ3n) is 4.08. The Morgan fingerprint density at radius 2 is 1.96 bits per heavy atom. The summed E-state index contributed by atoms with van der Waals surface area (Å²) in [5, 5.41) is 9.00. The second-order valence-electron chi connectivity index (χ2n) is 5.52. The topological polar surface area (TPSA) is 109 Å². The second-order valence-corrected chi connectivity index (χ2v) is 5.52. The van der Waals surface area contributed by atoms with Crippen LogP contribution in [-0.4, -0.2) is 41.0 Å². The number of para-hydroxylation sites is 1. The first-order valence-corrected chi connectivity index (χ1v) is 7.78. The zero-order chi connectivity index (χ0) is 18.0. The molecule has 25 heavy (non-hydrogen) atoms. The number of aryl methyl sites for hydroxylation is 1. The van der Waals surface area contributed by atoms with Gasteiger partial charge in [-0.1, -0.05) is 23.4 Å². The largest absolute Gasteiger partial charge is 0.469 e. The molecule has 1 aromatic carbocycles. The summed E-state index contributed by atoms with van der Waals surface area (Å²) < 4.78 is 11.1. The van der Waals surface area contributed by atoms with Gasteiger partial charge in [0, 0.05) is 11.8 Å². The molecule has 0 fully saturated rings. The highest BCUT2D eigenvalue weighted by Crippen LogP contribution is 2.31. The number of anilines is 1. The molecule has 0 saturated carbocycles. The molecule has 0 aliphatic heterocycles. The highest BCUT2D eigenvalue weighted by molar-refractivity contribution is 6.11. The fourth-order valence-corrected chi connectivity index (χ4v) is 2.88. The number of methoxy groups -OCH3 is 2. The highest BCUT2D eigenvalue weighted by Gasteiger charge is 2.22. The number of aromatic nitrogens is 3. The fourth-order valence-electron chi connectivity index (χ4n) is 2.88.